The van der Waals surface area contributed by atoms with Gasteiger partial charge in [-0.1, -0.05) is 70.0 Å². The highest BCUT2D eigenvalue weighted by Crippen LogP contribution is 2.38. The Morgan fingerprint density at radius 2 is 1.68 bits per heavy atom. The number of nitrogens with one attached hydrogen (secondary N) is 2. The van der Waals surface area contributed by atoms with E-state index in [1.54, 1.807) is 18.2 Å². The van der Waals surface area contributed by atoms with Gasteiger partial charge >= 0.3 is 6.03 Å². The molecule has 212 valence electrons. The number of carbonyl (C=O) groups is 2. The molecule has 3 aromatic carbocycles. The normalized spacial score (nSPS) is 13.8. The van der Waals surface area contributed by atoms with Gasteiger partial charge in [0.2, 0.25) is 0 Å². The van der Waals surface area contributed by atoms with Gasteiger partial charge in [-0.15, -0.1) is 0 Å². The van der Waals surface area contributed by atoms with E-state index >= 15 is 0 Å². The van der Waals surface area contributed by atoms with Gasteiger partial charge in [-0.3, -0.25) is 4.79 Å². The third-order valence-electron chi connectivity index (χ3n) is 7.94. The second kappa shape index (κ2) is 11.6. The number of carbonyl (C=O) groups excluding carboxylic acids is 2. The molecule has 1 aliphatic rings. The van der Waals surface area contributed by atoms with E-state index < -0.39 is 0 Å². The van der Waals surface area contributed by atoms with Crippen molar-refractivity contribution in [1.29, 1.82) is 0 Å². The van der Waals surface area contributed by atoms with Gasteiger partial charge in [-0.25, -0.2) is 4.79 Å². The molecule has 1 aliphatic carbocycles. The molecule has 5 rings (SSSR count). The van der Waals surface area contributed by atoms with Crippen LogP contribution in [-0.4, -0.2) is 26.8 Å². The number of hydrogen-bond donors (Lipinski definition) is 3. The average Bonchev–Trinajstić information content (AvgIpc) is 3.64. The molecule has 1 aromatic heterocycles. The number of aryl methyl sites for hydroxylation is 1. The molecule has 0 saturated heterocycles. The zero-order valence-corrected chi connectivity index (χ0v) is 24.2. The van der Waals surface area contributed by atoms with Crippen LogP contribution in [0.15, 0.2) is 72.8 Å². The summed E-state index contributed by atoms with van der Waals surface area (Å²) < 4.78 is 1.45. The maximum absolute atomic E-state index is 13.4. The number of rotatable bonds is 6. The van der Waals surface area contributed by atoms with Crippen molar-refractivity contribution in [1.82, 2.24) is 15.1 Å². The molecule has 2 amide bonds. The lowest BCUT2D eigenvalue weighted by Crippen LogP contribution is -2.31. The highest BCUT2D eigenvalue weighted by atomic mass is 16.3. The quantitative estimate of drug-likeness (QED) is 0.216. The average molecular weight is 551 g/mol. The van der Waals surface area contributed by atoms with Crippen LogP contribution >= 0.6 is 0 Å². The van der Waals surface area contributed by atoms with E-state index in [-0.39, 0.29) is 29.0 Å². The number of benzene rings is 3. The second-order valence-electron chi connectivity index (χ2n) is 11.9. The summed E-state index contributed by atoms with van der Waals surface area (Å²) in [5, 5.41) is 21.4. The van der Waals surface area contributed by atoms with Gasteiger partial charge in [-0.2, -0.15) is 9.78 Å². The lowest BCUT2D eigenvalue weighted by atomic mass is 9.87. The number of phenols is 1. The Hall–Kier alpha value is -4.39. The molecule has 1 fully saturated rings. The number of nitrogens with zero attached hydrogens (tertiary/aromatic N) is 2. The molecule has 1 saturated carbocycles. The maximum Gasteiger partial charge on any atom is 0.342 e. The predicted molar refractivity (Wildman–Crippen MR) is 162 cm³/mol. The van der Waals surface area contributed by atoms with Crippen LogP contribution in [0.1, 0.15) is 85.1 Å². The molecule has 0 atom stereocenters. The lowest BCUT2D eigenvalue weighted by Gasteiger charge is -2.19. The van der Waals surface area contributed by atoms with Crippen LogP contribution in [0.3, 0.4) is 0 Å². The fourth-order valence-electron chi connectivity index (χ4n) is 5.40. The van der Waals surface area contributed by atoms with Crippen molar-refractivity contribution in [3.63, 3.8) is 0 Å². The summed E-state index contributed by atoms with van der Waals surface area (Å²) in [6, 6.07) is 22.0. The zero-order chi connectivity index (χ0) is 29.1. The number of phenolic OH excluding ortho intramolecular Hbond substituents is 1. The van der Waals surface area contributed by atoms with Crippen molar-refractivity contribution in [3.8, 4) is 17.0 Å². The van der Waals surface area contributed by atoms with Gasteiger partial charge in [0.1, 0.15) is 5.75 Å². The first-order chi connectivity index (χ1) is 19.6. The molecular weight excluding hydrogens is 512 g/mol. The van der Waals surface area contributed by atoms with Crippen LogP contribution in [0.2, 0.25) is 0 Å². The molecule has 4 aromatic rings. The highest BCUT2D eigenvalue weighted by Gasteiger charge is 2.26. The summed E-state index contributed by atoms with van der Waals surface area (Å²) in [4.78, 5) is 26.4. The smallest absolute Gasteiger partial charge is 0.342 e. The fraction of sp³-hybridized carbons (Fsp3) is 0.324. The molecule has 41 heavy (non-hydrogen) atoms. The van der Waals surface area contributed by atoms with E-state index in [1.165, 1.54) is 4.68 Å². The van der Waals surface area contributed by atoms with Gasteiger partial charge in [0.25, 0.3) is 5.91 Å². The third-order valence-corrected chi connectivity index (χ3v) is 7.94. The summed E-state index contributed by atoms with van der Waals surface area (Å²) in [5.41, 5.74) is 6.17. The molecule has 7 nitrogen and oxygen atoms in total. The summed E-state index contributed by atoms with van der Waals surface area (Å²) in [6.45, 7) is 8.81. The number of anilines is 1. The molecule has 0 bridgehead atoms. The number of aromatic hydroxyl groups is 1. The number of amides is 2. The highest BCUT2D eigenvalue weighted by molar-refractivity contribution is 6.04. The monoisotopic (exact) mass is 550 g/mol. The van der Waals surface area contributed by atoms with Crippen molar-refractivity contribution in [2.24, 2.45) is 0 Å². The Labute approximate surface area is 241 Å². The molecule has 0 aliphatic heterocycles. The minimum atomic E-state index is -0.302. The Balaban J connectivity index is 1.40. The Kier molecular flexibility index (Phi) is 7.97. The Morgan fingerprint density at radius 3 is 2.37 bits per heavy atom. The van der Waals surface area contributed by atoms with E-state index in [1.807, 2.05) is 61.5 Å². The third kappa shape index (κ3) is 6.35. The largest absolute Gasteiger partial charge is 0.507 e. The molecular formula is C34H38N4O3. The standard InChI is InChI=1S/C34H38N4O3/c1-22-9-5-6-12-25(22)21-35-33(41)38-30(23-10-7-8-11-23)20-29(37-38)28-19-27(17-18-31(28)39)36-32(40)24-13-15-26(16-14-24)34(2,3)4/h5-6,9,12-20,23,39H,7-8,10-11,21H2,1-4H3,(H,35,41)(H,36,40). The zero-order valence-electron chi connectivity index (χ0n) is 24.2. The minimum absolute atomic E-state index is 0.000979. The van der Waals surface area contributed by atoms with Gasteiger partial charge in [0, 0.05) is 29.3 Å². The summed E-state index contributed by atoms with van der Waals surface area (Å²) >= 11 is 0. The van der Waals surface area contributed by atoms with Crippen molar-refractivity contribution in [3.05, 3.63) is 101 Å². The van der Waals surface area contributed by atoms with E-state index in [4.69, 9.17) is 0 Å². The fourth-order valence-corrected chi connectivity index (χ4v) is 5.40. The summed E-state index contributed by atoms with van der Waals surface area (Å²) in [5.74, 6) is 0.0110. The van der Waals surface area contributed by atoms with Gasteiger partial charge in [-0.05, 0) is 78.3 Å². The van der Waals surface area contributed by atoms with Crippen LogP contribution < -0.4 is 10.6 Å². The van der Waals surface area contributed by atoms with Crippen molar-refractivity contribution in [2.45, 2.75) is 71.3 Å². The molecule has 3 N–H and O–H groups in total. The molecule has 7 heteroatoms. The molecule has 0 unspecified atom stereocenters. The Morgan fingerprint density at radius 1 is 0.976 bits per heavy atom. The van der Waals surface area contributed by atoms with Crippen molar-refractivity contribution in [2.75, 3.05) is 5.32 Å². The van der Waals surface area contributed by atoms with Crippen LogP contribution in [0.25, 0.3) is 11.3 Å². The van der Waals surface area contributed by atoms with E-state index in [2.05, 4.69) is 36.5 Å². The van der Waals surface area contributed by atoms with Gasteiger partial charge in [0.15, 0.2) is 0 Å². The maximum atomic E-state index is 13.4. The number of hydrogen-bond acceptors (Lipinski definition) is 4. The van der Waals surface area contributed by atoms with Crippen LogP contribution in [0.5, 0.6) is 5.75 Å². The predicted octanol–water partition coefficient (Wildman–Crippen LogP) is 7.53. The Bertz CT molecular complexity index is 1560. The molecule has 0 radical (unpaired) electrons. The van der Waals surface area contributed by atoms with E-state index in [0.717, 1.165) is 48.1 Å². The SMILES string of the molecule is Cc1ccccc1CNC(=O)n1nc(-c2cc(NC(=O)c3ccc(C(C)(C)C)cc3)ccc2O)cc1C1CCCC1. The van der Waals surface area contributed by atoms with Crippen LogP contribution in [0, 0.1) is 6.92 Å². The van der Waals surface area contributed by atoms with E-state index in [9.17, 15) is 14.7 Å². The van der Waals surface area contributed by atoms with E-state index in [0.29, 0.717) is 29.1 Å². The van der Waals surface area contributed by atoms with Crippen molar-refractivity contribution < 1.29 is 14.7 Å². The second-order valence-corrected chi connectivity index (χ2v) is 11.9. The first kappa shape index (κ1) is 28.1. The summed E-state index contributed by atoms with van der Waals surface area (Å²) in [6.07, 6.45) is 4.21. The van der Waals surface area contributed by atoms with Gasteiger partial charge in [0.05, 0.1) is 11.4 Å². The topological polar surface area (TPSA) is 96.3 Å². The van der Waals surface area contributed by atoms with Crippen LogP contribution in [0.4, 0.5) is 10.5 Å². The minimum Gasteiger partial charge on any atom is -0.507 e. The first-order valence-corrected chi connectivity index (χ1v) is 14.3. The molecule has 0 spiro atoms. The van der Waals surface area contributed by atoms with Crippen LogP contribution in [-0.2, 0) is 12.0 Å². The number of aromatic nitrogens is 2. The van der Waals surface area contributed by atoms with Gasteiger partial charge < -0.3 is 15.7 Å². The molecule has 1 heterocycles. The summed E-state index contributed by atoms with van der Waals surface area (Å²) in [7, 11) is 0. The van der Waals surface area contributed by atoms with Crippen molar-refractivity contribution >= 4 is 17.6 Å². The first-order valence-electron chi connectivity index (χ1n) is 14.3. The lowest BCUT2D eigenvalue weighted by molar-refractivity contribution is 0.102.